The van der Waals surface area contributed by atoms with Crippen LogP contribution in [0, 0.1) is 17.8 Å². The van der Waals surface area contributed by atoms with E-state index in [1.54, 1.807) is 48.5 Å². The van der Waals surface area contributed by atoms with Gasteiger partial charge in [-0.2, -0.15) is 0 Å². The fraction of sp³-hybridized carbons (Fsp3) is 0.125. The fourth-order valence-corrected chi connectivity index (χ4v) is 3.34. The van der Waals surface area contributed by atoms with Crippen molar-refractivity contribution >= 4 is 11.5 Å². The number of nitrogens with two attached hydrogens (primary N) is 1. The molecule has 0 amide bonds. The largest absolute Gasteiger partial charge is 0.491 e. The summed E-state index contributed by atoms with van der Waals surface area (Å²) in [6.45, 7) is -0.788. The zero-order chi connectivity index (χ0) is 24.8. The Labute approximate surface area is 199 Å². The Morgan fingerprint density at radius 2 is 2.00 bits per heavy atom. The van der Waals surface area contributed by atoms with Crippen LogP contribution < -0.4 is 21.5 Å². The predicted octanol–water partition coefficient (Wildman–Crippen LogP) is 2.17. The number of ether oxygens (including phenoxy) is 1. The van der Waals surface area contributed by atoms with Crippen molar-refractivity contribution in [2.45, 2.75) is 6.04 Å². The first-order valence-electron chi connectivity index (χ1n) is 10.5. The normalized spacial score (nSPS) is 11.4. The second kappa shape index (κ2) is 10.3. The lowest BCUT2D eigenvalue weighted by atomic mass is 10.0. The highest BCUT2D eigenvalue weighted by Gasteiger charge is 2.22. The molecule has 0 saturated carbocycles. The van der Waals surface area contributed by atoms with Crippen molar-refractivity contribution in [2.75, 3.05) is 18.6 Å². The van der Waals surface area contributed by atoms with Crippen LogP contribution in [0.1, 0.15) is 28.6 Å². The number of hydrogen-bond acceptors (Lipinski definition) is 7. The Morgan fingerprint density at radius 3 is 2.66 bits per heavy atom. The zero-order valence-electron chi connectivity index (χ0n) is 18.4. The van der Waals surface area contributed by atoms with E-state index in [4.69, 9.17) is 22.3 Å². The van der Waals surface area contributed by atoms with Gasteiger partial charge >= 0.3 is 5.69 Å². The van der Waals surface area contributed by atoms with Gasteiger partial charge in [0, 0.05) is 29.2 Å². The highest BCUT2D eigenvalue weighted by Crippen LogP contribution is 2.28. The van der Waals surface area contributed by atoms with E-state index in [1.165, 1.54) is 12.4 Å². The lowest BCUT2D eigenvalue weighted by molar-refractivity contribution is 0.273. The van der Waals surface area contributed by atoms with E-state index in [9.17, 15) is 9.18 Å². The maximum atomic E-state index is 12.7. The van der Waals surface area contributed by atoms with E-state index < -0.39 is 18.4 Å². The summed E-state index contributed by atoms with van der Waals surface area (Å²) in [6, 6.07) is 12.8. The molecule has 0 aliphatic rings. The van der Waals surface area contributed by atoms with E-state index >= 15 is 0 Å². The van der Waals surface area contributed by atoms with E-state index in [2.05, 4.69) is 31.3 Å². The number of nitrogens with one attached hydrogen (secondary N) is 3. The van der Waals surface area contributed by atoms with Gasteiger partial charge in [0.05, 0.1) is 0 Å². The molecule has 0 aliphatic heterocycles. The number of nitrogen functional groups attached to an aromatic ring is 1. The van der Waals surface area contributed by atoms with Crippen molar-refractivity contribution in [3.8, 4) is 24.0 Å². The van der Waals surface area contributed by atoms with Crippen molar-refractivity contribution in [3.05, 3.63) is 93.9 Å². The van der Waals surface area contributed by atoms with Gasteiger partial charge in [-0.15, -0.1) is 16.2 Å². The molecule has 10 nitrogen and oxygen atoms in total. The molecule has 2 aromatic heterocycles. The molecule has 35 heavy (non-hydrogen) atoms. The van der Waals surface area contributed by atoms with Crippen LogP contribution in [-0.2, 0) is 0 Å². The Bertz CT molecular complexity index is 1420. The third kappa shape index (κ3) is 5.33. The first-order chi connectivity index (χ1) is 17.0. The predicted molar refractivity (Wildman–Crippen MR) is 129 cm³/mol. The Morgan fingerprint density at radius 1 is 1.26 bits per heavy atom. The Balaban J connectivity index is 1.80. The number of terminal acetylenes is 1. The van der Waals surface area contributed by atoms with E-state index in [1.807, 2.05) is 0 Å². The third-order valence-electron chi connectivity index (χ3n) is 4.93. The summed E-state index contributed by atoms with van der Waals surface area (Å²) in [5.41, 5.74) is 7.34. The summed E-state index contributed by atoms with van der Waals surface area (Å²) in [5.74, 6) is 3.23. The van der Waals surface area contributed by atoms with Gasteiger partial charge in [-0.3, -0.25) is 10.4 Å². The number of nitrogens with zero attached hydrogens (tertiary/aromatic N) is 4. The summed E-state index contributed by atoms with van der Waals surface area (Å²) in [5, 5.41) is 15.3. The van der Waals surface area contributed by atoms with E-state index in [0.717, 1.165) is 4.68 Å². The second-order valence-corrected chi connectivity index (χ2v) is 7.32. The number of halogens is 1. The van der Waals surface area contributed by atoms with Gasteiger partial charge in [0.15, 0.2) is 5.82 Å². The fourth-order valence-electron chi connectivity index (χ4n) is 3.34. The monoisotopic (exact) mass is 472 g/mol. The lowest BCUT2D eigenvalue weighted by Crippen LogP contribution is -2.18. The molecule has 4 aromatic rings. The van der Waals surface area contributed by atoms with Crippen molar-refractivity contribution < 1.29 is 9.13 Å². The van der Waals surface area contributed by atoms with Gasteiger partial charge in [0.2, 0.25) is 0 Å². The molecule has 176 valence electrons. The SMILES string of the molecule is C#Cc1cc(OCCF)cc([C@H](Nc2ccc(C(=N)N)cc2)c2nn(-c3ncccn3)c(=O)[nH]2)c1. The quantitative estimate of drug-likeness (QED) is 0.166. The summed E-state index contributed by atoms with van der Waals surface area (Å²) >= 11 is 0. The van der Waals surface area contributed by atoms with Crippen molar-refractivity contribution in [3.63, 3.8) is 0 Å². The van der Waals surface area contributed by atoms with Crippen molar-refractivity contribution in [1.29, 1.82) is 5.41 Å². The second-order valence-electron chi connectivity index (χ2n) is 7.32. The molecule has 0 fully saturated rings. The van der Waals surface area contributed by atoms with Crippen molar-refractivity contribution in [1.82, 2.24) is 24.7 Å². The third-order valence-corrected chi connectivity index (χ3v) is 4.93. The number of rotatable bonds is 9. The van der Waals surface area contributed by atoms with Gasteiger partial charge in [-0.25, -0.2) is 19.2 Å². The van der Waals surface area contributed by atoms with Gasteiger partial charge in [0.1, 0.15) is 30.9 Å². The molecule has 0 radical (unpaired) electrons. The first-order valence-corrected chi connectivity index (χ1v) is 10.5. The number of H-pyrrole nitrogens is 1. The van der Waals surface area contributed by atoms with E-state index in [0.29, 0.717) is 28.1 Å². The van der Waals surface area contributed by atoms with Crippen LogP contribution in [0.4, 0.5) is 10.1 Å². The molecule has 0 aliphatic carbocycles. The number of aromatic nitrogens is 5. The number of alkyl halides is 1. The summed E-state index contributed by atoms with van der Waals surface area (Å²) in [6.07, 6.45) is 8.63. The standard InChI is InChI=1S/C24H21FN8O2/c1-2-15-12-17(14-19(13-15)35-11-8-25)20(30-18-6-4-16(5-7-18)21(26)27)22-31-24(34)33(32-22)23-28-9-3-10-29-23/h1,3-7,9-10,12-14,20,30H,8,11H2,(H3,26,27)(H,31,32,34)/t20-/m0/s1. The number of anilines is 1. The van der Waals surface area contributed by atoms with Crippen LogP contribution in [0.15, 0.2) is 65.7 Å². The molecule has 5 N–H and O–H groups in total. The minimum absolute atomic E-state index is 0.0598. The highest BCUT2D eigenvalue weighted by atomic mass is 19.1. The topological polar surface area (TPSA) is 148 Å². The van der Waals surface area contributed by atoms with Crippen LogP contribution in [-0.4, -0.2) is 43.8 Å². The molecular weight excluding hydrogens is 451 g/mol. The van der Waals surface area contributed by atoms with Crippen LogP contribution in [0.3, 0.4) is 0 Å². The number of benzene rings is 2. The molecule has 2 heterocycles. The maximum Gasteiger partial charge on any atom is 0.350 e. The molecule has 0 saturated heterocycles. The Hall–Kier alpha value is -4.98. The summed E-state index contributed by atoms with van der Waals surface area (Å²) in [7, 11) is 0. The average Bonchev–Trinajstić information content (AvgIpc) is 3.27. The molecular formula is C24H21FN8O2. The van der Waals surface area contributed by atoms with Crippen LogP contribution in [0.5, 0.6) is 5.75 Å². The lowest BCUT2D eigenvalue weighted by Gasteiger charge is -2.20. The minimum atomic E-state index is -0.697. The van der Waals surface area contributed by atoms with Gasteiger partial charge in [-0.1, -0.05) is 5.92 Å². The molecule has 11 heteroatoms. The number of aromatic amines is 1. The summed E-state index contributed by atoms with van der Waals surface area (Å²) < 4.78 is 19.2. The van der Waals surface area contributed by atoms with Crippen LogP contribution in [0.2, 0.25) is 0 Å². The summed E-state index contributed by atoms with van der Waals surface area (Å²) in [4.78, 5) is 23.6. The van der Waals surface area contributed by atoms with E-state index in [-0.39, 0.29) is 24.2 Å². The number of hydrogen-bond donors (Lipinski definition) is 4. The van der Waals surface area contributed by atoms with Crippen molar-refractivity contribution in [2.24, 2.45) is 5.73 Å². The molecule has 2 aromatic carbocycles. The molecule has 0 spiro atoms. The molecule has 4 rings (SSSR count). The Kier molecular flexibility index (Phi) is 6.83. The number of amidine groups is 1. The molecule has 1 atom stereocenters. The smallest absolute Gasteiger partial charge is 0.350 e. The van der Waals surface area contributed by atoms with Crippen LogP contribution in [0.25, 0.3) is 5.95 Å². The highest BCUT2D eigenvalue weighted by molar-refractivity contribution is 5.95. The molecule has 0 bridgehead atoms. The van der Waals surface area contributed by atoms with Gasteiger partial charge in [-0.05, 0) is 54.1 Å². The van der Waals surface area contributed by atoms with Gasteiger partial charge in [0.25, 0.3) is 5.95 Å². The average molecular weight is 472 g/mol. The zero-order valence-corrected chi connectivity index (χ0v) is 18.4. The maximum absolute atomic E-state index is 12.7. The van der Waals surface area contributed by atoms with Gasteiger partial charge < -0.3 is 15.8 Å². The minimum Gasteiger partial charge on any atom is -0.491 e. The first kappa shape index (κ1) is 23.2. The van der Waals surface area contributed by atoms with Crippen LogP contribution >= 0.6 is 0 Å². The molecule has 0 unspecified atom stereocenters.